The first-order valence-corrected chi connectivity index (χ1v) is 14.8. The van der Waals surface area contributed by atoms with Crippen molar-refractivity contribution in [3.05, 3.63) is 0 Å². The molecule has 216 valence electrons. The van der Waals surface area contributed by atoms with Crippen LogP contribution in [-0.4, -0.2) is 47.7 Å². The number of rotatable bonds is 27. The van der Waals surface area contributed by atoms with Crippen LogP contribution in [0.4, 0.5) is 0 Å². The number of ketones is 1. The minimum Gasteiger partial charge on any atom is -0.480 e. The number of nitrogens with one attached hydrogen (secondary N) is 1. The lowest BCUT2D eigenvalue weighted by Crippen LogP contribution is -2.45. The minimum atomic E-state index is -1.29. The summed E-state index contributed by atoms with van der Waals surface area (Å²) in [5, 5.41) is 11.9. The van der Waals surface area contributed by atoms with Gasteiger partial charge in [0.25, 0.3) is 0 Å². The summed E-state index contributed by atoms with van der Waals surface area (Å²) in [6, 6.07) is -2.13. The zero-order valence-corrected chi connectivity index (χ0v) is 23.4. The number of hydrogen-bond acceptors (Lipinski definition) is 6. The van der Waals surface area contributed by atoms with Crippen LogP contribution in [0.1, 0.15) is 135 Å². The SMILES string of the molecule is CCCCCCCCCCCCCCCCCC(=O)N[C@@H](CC(C=O)C(=O)[C@@H](N)CCCCN)C(=O)O. The molecule has 1 unspecified atom stereocenters. The Morgan fingerprint density at radius 2 is 1.27 bits per heavy atom. The molecule has 37 heavy (non-hydrogen) atoms. The van der Waals surface area contributed by atoms with Gasteiger partial charge in [-0.3, -0.25) is 9.59 Å². The van der Waals surface area contributed by atoms with Gasteiger partial charge in [0.2, 0.25) is 5.91 Å². The molecular weight excluding hydrogens is 470 g/mol. The summed E-state index contributed by atoms with van der Waals surface area (Å²) in [6.45, 7) is 2.74. The summed E-state index contributed by atoms with van der Waals surface area (Å²) >= 11 is 0. The molecule has 0 spiro atoms. The van der Waals surface area contributed by atoms with Crippen molar-refractivity contribution in [3.8, 4) is 0 Å². The van der Waals surface area contributed by atoms with Crippen molar-refractivity contribution >= 4 is 23.9 Å². The van der Waals surface area contributed by atoms with Crippen LogP contribution in [0.25, 0.3) is 0 Å². The summed E-state index contributed by atoms with van der Waals surface area (Å²) < 4.78 is 0. The van der Waals surface area contributed by atoms with Crippen LogP contribution >= 0.6 is 0 Å². The highest BCUT2D eigenvalue weighted by Gasteiger charge is 2.30. The summed E-state index contributed by atoms with van der Waals surface area (Å²) in [6.07, 6.45) is 20.6. The molecule has 8 heteroatoms. The van der Waals surface area contributed by atoms with Gasteiger partial charge >= 0.3 is 5.97 Å². The fourth-order valence-electron chi connectivity index (χ4n) is 4.56. The van der Waals surface area contributed by atoms with E-state index in [0.29, 0.717) is 32.1 Å². The Morgan fingerprint density at radius 3 is 1.70 bits per heavy atom. The molecule has 0 rings (SSSR count). The molecule has 0 bridgehead atoms. The van der Waals surface area contributed by atoms with Crippen LogP contribution in [0.15, 0.2) is 0 Å². The molecule has 0 aliphatic rings. The Morgan fingerprint density at radius 1 is 0.784 bits per heavy atom. The number of amides is 1. The second-order valence-corrected chi connectivity index (χ2v) is 10.4. The van der Waals surface area contributed by atoms with E-state index in [4.69, 9.17) is 11.5 Å². The molecule has 0 aromatic rings. The molecule has 1 amide bonds. The summed E-state index contributed by atoms with van der Waals surface area (Å²) in [5.74, 6) is -3.28. The Hall–Kier alpha value is -1.80. The van der Waals surface area contributed by atoms with Crippen LogP contribution < -0.4 is 16.8 Å². The first-order valence-electron chi connectivity index (χ1n) is 14.8. The van der Waals surface area contributed by atoms with E-state index >= 15 is 0 Å². The summed E-state index contributed by atoms with van der Waals surface area (Å²) in [7, 11) is 0. The number of hydrogen-bond donors (Lipinski definition) is 4. The Bertz CT molecular complexity index is 614. The van der Waals surface area contributed by atoms with E-state index in [0.717, 1.165) is 25.7 Å². The zero-order valence-electron chi connectivity index (χ0n) is 23.4. The van der Waals surface area contributed by atoms with Crippen molar-refractivity contribution in [3.63, 3.8) is 0 Å². The molecule has 0 radical (unpaired) electrons. The maximum absolute atomic E-state index is 12.4. The maximum atomic E-state index is 12.4. The smallest absolute Gasteiger partial charge is 0.326 e. The molecule has 6 N–H and O–H groups in total. The number of carboxylic acid groups (broad SMARTS) is 1. The summed E-state index contributed by atoms with van der Waals surface area (Å²) in [4.78, 5) is 47.8. The van der Waals surface area contributed by atoms with Crippen molar-refractivity contribution in [2.45, 2.75) is 147 Å². The number of aliphatic carboxylic acids is 1. The van der Waals surface area contributed by atoms with E-state index in [2.05, 4.69) is 12.2 Å². The summed E-state index contributed by atoms with van der Waals surface area (Å²) in [5.41, 5.74) is 11.3. The van der Waals surface area contributed by atoms with E-state index < -0.39 is 29.8 Å². The van der Waals surface area contributed by atoms with Gasteiger partial charge in [0, 0.05) is 6.42 Å². The number of nitrogens with two attached hydrogens (primary N) is 2. The van der Waals surface area contributed by atoms with Crippen LogP contribution in [-0.2, 0) is 19.2 Å². The maximum Gasteiger partial charge on any atom is 0.326 e. The van der Waals surface area contributed by atoms with E-state index in [1.54, 1.807) is 0 Å². The van der Waals surface area contributed by atoms with Gasteiger partial charge in [-0.15, -0.1) is 0 Å². The first kappa shape index (κ1) is 35.2. The monoisotopic (exact) mass is 525 g/mol. The Balaban J connectivity index is 4.00. The standard InChI is InChI=1S/C29H55N3O5/c1-2-3-4-5-6-7-8-9-10-11-12-13-14-15-16-20-27(34)32-26(29(36)37)22-24(23-33)28(35)25(31)19-17-18-21-30/h23-26H,2-22,30-31H2,1H3,(H,32,34)(H,36,37)/t24?,25-,26-/m0/s1. The number of Topliss-reactive ketones (excluding diaryl/α,β-unsaturated/α-hetero) is 1. The van der Waals surface area contributed by atoms with E-state index in [1.807, 2.05) is 0 Å². The van der Waals surface area contributed by atoms with Gasteiger partial charge in [0.05, 0.1) is 12.0 Å². The average molecular weight is 526 g/mol. The van der Waals surface area contributed by atoms with Gasteiger partial charge in [-0.1, -0.05) is 103 Å². The third-order valence-corrected chi connectivity index (χ3v) is 6.99. The lowest BCUT2D eigenvalue weighted by molar-refractivity contribution is -0.143. The van der Waals surface area contributed by atoms with Gasteiger partial charge in [0.15, 0.2) is 5.78 Å². The molecule has 0 saturated heterocycles. The number of aldehydes is 1. The highest BCUT2D eigenvalue weighted by molar-refractivity contribution is 5.97. The third kappa shape index (κ3) is 19.9. The van der Waals surface area contributed by atoms with E-state index in [9.17, 15) is 24.3 Å². The molecule has 0 aromatic heterocycles. The lowest BCUT2D eigenvalue weighted by Gasteiger charge is -2.20. The van der Waals surface area contributed by atoms with Crippen molar-refractivity contribution in [1.29, 1.82) is 0 Å². The van der Waals surface area contributed by atoms with Crippen molar-refractivity contribution in [2.24, 2.45) is 17.4 Å². The predicted octanol–water partition coefficient (Wildman–Crippen LogP) is 5.05. The highest BCUT2D eigenvalue weighted by atomic mass is 16.4. The fourth-order valence-corrected chi connectivity index (χ4v) is 4.56. The van der Waals surface area contributed by atoms with Gasteiger partial charge in [0.1, 0.15) is 12.3 Å². The van der Waals surface area contributed by atoms with Gasteiger partial charge < -0.3 is 26.7 Å². The van der Waals surface area contributed by atoms with Crippen LogP contribution in [0.5, 0.6) is 0 Å². The molecule has 0 aliphatic heterocycles. The highest BCUT2D eigenvalue weighted by Crippen LogP contribution is 2.15. The fraction of sp³-hybridized carbons (Fsp3) is 0.862. The average Bonchev–Trinajstić information content (AvgIpc) is 2.88. The Kier molecular flexibility index (Phi) is 23.3. The first-order chi connectivity index (χ1) is 17.9. The quantitative estimate of drug-likeness (QED) is 0.0665. The van der Waals surface area contributed by atoms with Gasteiger partial charge in [-0.2, -0.15) is 0 Å². The van der Waals surface area contributed by atoms with Gasteiger partial charge in [-0.25, -0.2) is 4.79 Å². The van der Waals surface area contributed by atoms with E-state index in [-0.39, 0.29) is 18.7 Å². The molecular formula is C29H55N3O5. The second kappa shape index (κ2) is 24.5. The largest absolute Gasteiger partial charge is 0.480 e. The number of carbonyl (C=O) groups excluding carboxylic acids is 3. The Labute approximate surface area is 225 Å². The van der Waals surface area contributed by atoms with E-state index in [1.165, 1.54) is 70.6 Å². The molecule has 0 saturated carbocycles. The van der Waals surface area contributed by atoms with Crippen molar-refractivity contribution in [2.75, 3.05) is 6.54 Å². The minimum absolute atomic E-state index is 0.236. The topological polar surface area (TPSA) is 153 Å². The van der Waals surface area contributed by atoms with Crippen LogP contribution in [0.3, 0.4) is 0 Å². The van der Waals surface area contributed by atoms with Crippen molar-refractivity contribution < 1.29 is 24.3 Å². The molecule has 0 heterocycles. The second-order valence-electron chi connectivity index (χ2n) is 10.4. The van der Waals surface area contributed by atoms with Crippen LogP contribution in [0.2, 0.25) is 0 Å². The number of carbonyl (C=O) groups is 4. The van der Waals surface area contributed by atoms with Gasteiger partial charge in [-0.05, 0) is 32.2 Å². The zero-order chi connectivity index (χ0) is 27.7. The third-order valence-electron chi connectivity index (χ3n) is 6.99. The molecule has 8 nitrogen and oxygen atoms in total. The molecule has 0 aromatic carbocycles. The lowest BCUT2D eigenvalue weighted by atomic mass is 9.90. The van der Waals surface area contributed by atoms with Crippen LogP contribution in [0, 0.1) is 5.92 Å². The number of carboxylic acids is 1. The molecule has 3 atom stereocenters. The molecule has 0 fully saturated rings. The molecule has 0 aliphatic carbocycles. The predicted molar refractivity (Wildman–Crippen MR) is 149 cm³/mol. The normalized spacial score (nSPS) is 13.6. The number of unbranched alkanes of at least 4 members (excludes halogenated alkanes) is 15. The van der Waals surface area contributed by atoms with Crippen molar-refractivity contribution in [1.82, 2.24) is 5.32 Å².